The van der Waals surface area contributed by atoms with Gasteiger partial charge in [-0.05, 0) is 45.0 Å². The van der Waals surface area contributed by atoms with Crippen molar-refractivity contribution in [3.05, 3.63) is 29.3 Å². The first kappa shape index (κ1) is 21.0. The Kier molecular flexibility index (Phi) is 6.90. The lowest BCUT2D eigenvalue weighted by Crippen LogP contribution is -3.15. The van der Waals surface area contributed by atoms with Crippen molar-refractivity contribution in [2.75, 3.05) is 39.3 Å². The highest BCUT2D eigenvalue weighted by Gasteiger charge is 2.27. The maximum atomic E-state index is 12.2. The number of ether oxygens (including phenoxy) is 1. The summed E-state index contributed by atoms with van der Waals surface area (Å²) in [6.45, 7) is 9.28. The molecule has 2 N–H and O–H groups in total. The predicted molar refractivity (Wildman–Crippen MR) is 100 cm³/mol. The molecule has 0 radical (unpaired) electrons. The lowest BCUT2D eigenvalue weighted by molar-refractivity contribution is -0.902. The molecule has 0 atom stereocenters. The Labute approximate surface area is 160 Å². The Morgan fingerprint density at radius 1 is 1.23 bits per heavy atom. The summed E-state index contributed by atoms with van der Waals surface area (Å²) in [5.41, 5.74) is -0.499. The number of nitrogens with one attached hydrogen (secondary N) is 2. The number of carbonyl (C=O) groups excluding carboxylic acids is 1. The van der Waals surface area contributed by atoms with Gasteiger partial charge < -0.3 is 9.64 Å². The molecule has 0 bridgehead atoms. The van der Waals surface area contributed by atoms with E-state index in [-0.39, 0.29) is 11.0 Å². The van der Waals surface area contributed by atoms with Crippen molar-refractivity contribution in [2.45, 2.75) is 31.3 Å². The Balaban J connectivity index is 1.75. The number of benzene rings is 1. The Hall–Kier alpha value is -1.35. The van der Waals surface area contributed by atoms with Crippen LogP contribution in [0.1, 0.15) is 20.8 Å². The van der Waals surface area contributed by atoms with Gasteiger partial charge in [0.15, 0.2) is 0 Å². The molecule has 0 aromatic heterocycles. The summed E-state index contributed by atoms with van der Waals surface area (Å²) in [6, 6.07) is 6.07. The van der Waals surface area contributed by atoms with Gasteiger partial charge in [0.2, 0.25) is 10.0 Å². The van der Waals surface area contributed by atoms with Crippen molar-refractivity contribution in [1.29, 1.82) is 0 Å². The zero-order chi connectivity index (χ0) is 19.4. The molecule has 1 aromatic rings. The zero-order valence-electron chi connectivity index (χ0n) is 15.4. The van der Waals surface area contributed by atoms with Gasteiger partial charge in [-0.2, -0.15) is 0 Å². The predicted octanol–water partition coefficient (Wildman–Crippen LogP) is 0.754. The molecular weight excluding hydrogens is 378 g/mol. The molecule has 1 aromatic carbocycles. The van der Waals surface area contributed by atoms with E-state index in [1.807, 2.05) is 20.8 Å². The minimum Gasteiger partial charge on any atom is -0.444 e. The van der Waals surface area contributed by atoms with Gasteiger partial charge in [0.25, 0.3) is 0 Å². The first-order valence-electron chi connectivity index (χ1n) is 8.63. The second kappa shape index (κ2) is 8.56. The van der Waals surface area contributed by atoms with Crippen LogP contribution >= 0.6 is 11.6 Å². The summed E-state index contributed by atoms with van der Waals surface area (Å²) in [6.07, 6.45) is -0.292. The van der Waals surface area contributed by atoms with E-state index >= 15 is 0 Å². The fraction of sp³-hybridized carbons (Fsp3) is 0.588. The molecule has 26 heavy (non-hydrogen) atoms. The van der Waals surface area contributed by atoms with Crippen LogP contribution in [0.5, 0.6) is 0 Å². The number of piperazine rings is 1. The lowest BCUT2D eigenvalue weighted by atomic mass is 10.2. The average molecular weight is 405 g/mol. The maximum Gasteiger partial charge on any atom is 0.410 e. The van der Waals surface area contributed by atoms with Crippen molar-refractivity contribution in [1.82, 2.24) is 9.62 Å². The van der Waals surface area contributed by atoms with Crippen LogP contribution in [0.4, 0.5) is 4.79 Å². The maximum absolute atomic E-state index is 12.2. The first-order chi connectivity index (χ1) is 12.1. The third kappa shape index (κ3) is 6.42. The normalized spacial score (nSPS) is 16.5. The highest BCUT2D eigenvalue weighted by Crippen LogP contribution is 2.13. The molecule has 1 fully saturated rings. The molecular formula is C17H27ClN3O4S+. The molecule has 1 aliphatic heterocycles. The molecule has 0 spiro atoms. The highest BCUT2D eigenvalue weighted by atomic mass is 35.5. The van der Waals surface area contributed by atoms with Crippen LogP contribution in [-0.2, 0) is 14.8 Å². The second-order valence-corrected chi connectivity index (χ2v) is 9.52. The van der Waals surface area contributed by atoms with Crippen LogP contribution in [0.25, 0.3) is 0 Å². The van der Waals surface area contributed by atoms with Crippen molar-refractivity contribution < 1.29 is 22.8 Å². The number of carbonyl (C=O) groups is 1. The van der Waals surface area contributed by atoms with E-state index in [2.05, 4.69) is 4.72 Å². The summed E-state index contributed by atoms with van der Waals surface area (Å²) in [4.78, 5) is 15.2. The van der Waals surface area contributed by atoms with Gasteiger partial charge in [0.05, 0.1) is 44.2 Å². The summed E-state index contributed by atoms with van der Waals surface area (Å²) in [7, 11) is -3.53. The molecule has 7 nitrogen and oxygen atoms in total. The molecule has 1 heterocycles. The second-order valence-electron chi connectivity index (χ2n) is 7.32. The Morgan fingerprint density at radius 3 is 2.35 bits per heavy atom. The van der Waals surface area contributed by atoms with E-state index in [1.165, 1.54) is 17.0 Å². The standard InChI is InChI=1S/C17H26ClN3O4S/c1-17(2,3)25-16(22)21-12-10-20(11-13-21)9-8-19-26(23,24)15-6-4-14(18)5-7-15/h4-7,19H,8-13H2,1-3H3/p+1. The molecule has 1 aliphatic rings. The van der Waals surface area contributed by atoms with E-state index in [4.69, 9.17) is 16.3 Å². The van der Waals surface area contributed by atoms with Crippen LogP contribution in [0.15, 0.2) is 29.2 Å². The topological polar surface area (TPSA) is 80.2 Å². The minimum atomic E-state index is -3.53. The average Bonchev–Trinajstić information content (AvgIpc) is 2.54. The molecule has 2 rings (SSSR count). The summed E-state index contributed by atoms with van der Waals surface area (Å²) in [5.74, 6) is 0. The Bertz CT molecular complexity index is 709. The SMILES string of the molecule is CC(C)(C)OC(=O)N1CC[NH+](CCNS(=O)(=O)c2ccc(Cl)cc2)CC1. The minimum absolute atomic E-state index is 0.201. The summed E-state index contributed by atoms with van der Waals surface area (Å²) >= 11 is 5.78. The number of quaternary nitrogens is 1. The molecule has 0 aliphatic carbocycles. The van der Waals surface area contributed by atoms with Crippen LogP contribution in [0.2, 0.25) is 5.02 Å². The van der Waals surface area contributed by atoms with Crippen LogP contribution < -0.4 is 9.62 Å². The Morgan fingerprint density at radius 2 is 1.81 bits per heavy atom. The van der Waals surface area contributed by atoms with E-state index in [9.17, 15) is 13.2 Å². The fourth-order valence-corrected chi connectivity index (χ4v) is 3.80. The number of nitrogens with zero attached hydrogens (tertiary/aromatic N) is 1. The number of sulfonamides is 1. The molecule has 0 unspecified atom stereocenters. The number of hydrogen-bond acceptors (Lipinski definition) is 4. The van der Waals surface area contributed by atoms with E-state index in [0.29, 0.717) is 31.2 Å². The third-order valence-electron chi connectivity index (χ3n) is 4.02. The molecule has 0 saturated carbocycles. The molecule has 146 valence electrons. The van der Waals surface area contributed by atoms with Crippen molar-refractivity contribution >= 4 is 27.7 Å². The highest BCUT2D eigenvalue weighted by molar-refractivity contribution is 7.89. The van der Waals surface area contributed by atoms with Crippen LogP contribution in [0, 0.1) is 0 Å². The first-order valence-corrected chi connectivity index (χ1v) is 10.5. The third-order valence-corrected chi connectivity index (χ3v) is 5.75. The summed E-state index contributed by atoms with van der Waals surface area (Å²) < 4.78 is 32.4. The number of halogens is 1. The van der Waals surface area contributed by atoms with Crippen molar-refractivity contribution in [2.24, 2.45) is 0 Å². The molecule has 9 heteroatoms. The van der Waals surface area contributed by atoms with Gasteiger partial charge >= 0.3 is 6.09 Å². The van der Waals surface area contributed by atoms with E-state index in [1.54, 1.807) is 17.0 Å². The van der Waals surface area contributed by atoms with E-state index in [0.717, 1.165) is 13.1 Å². The van der Waals surface area contributed by atoms with Crippen molar-refractivity contribution in [3.8, 4) is 0 Å². The fourth-order valence-electron chi connectivity index (χ4n) is 2.64. The number of hydrogen-bond donors (Lipinski definition) is 2. The van der Waals surface area contributed by atoms with Crippen molar-refractivity contribution in [3.63, 3.8) is 0 Å². The van der Waals surface area contributed by atoms with Gasteiger partial charge in [-0.25, -0.2) is 17.9 Å². The van der Waals surface area contributed by atoms with Crippen LogP contribution in [0.3, 0.4) is 0 Å². The number of amides is 1. The zero-order valence-corrected chi connectivity index (χ0v) is 17.0. The number of rotatable bonds is 5. The lowest BCUT2D eigenvalue weighted by Gasteiger charge is -2.33. The van der Waals surface area contributed by atoms with Gasteiger partial charge in [0, 0.05) is 5.02 Å². The molecule has 1 amide bonds. The van der Waals surface area contributed by atoms with Gasteiger partial charge in [-0.3, -0.25) is 4.90 Å². The monoisotopic (exact) mass is 404 g/mol. The van der Waals surface area contributed by atoms with E-state index < -0.39 is 15.6 Å². The largest absolute Gasteiger partial charge is 0.444 e. The summed E-state index contributed by atoms with van der Waals surface area (Å²) in [5, 5.41) is 0.497. The van der Waals surface area contributed by atoms with Gasteiger partial charge in [-0.15, -0.1) is 0 Å². The quantitative estimate of drug-likeness (QED) is 0.759. The smallest absolute Gasteiger partial charge is 0.410 e. The van der Waals surface area contributed by atoms with Gasteiger partial charge in [-0.1, -0.05) is 11.6 Å². The van der Waals surface area contributed by atoms with Gasteiger partial charge in [0.1, 0.15) is 5.60 Å². The van der Waals surface area contributed by atoms with Crippen LogP contribution in [-0.4, -0.2) is 64.3 Å². The molecule has 1 saturated heterocycles.